The topological polar surface area (TPSA) is 44.8 Å². The van der Waals surface area contributed by atoms with E-state index in [0.29, 0.717) is 17.5 Å². The molecule has 0 bridgehead atoms. The Morgan fingerprint density at radius 2 is 1.78 bits per heavy atom. The molecule has 1 heterocycles. The summed E-state index contributed by atoms with van der Waals surface area (Å²) in [7, 11) is 0.502. The number of carbonyl (C=O) groups is 1. The second-order valence-electron chi connectivity index (χ2n) is 7.73. The first-order chi connectivity index (χ1) is 10.5. The van der Waals surface area contributed by atoms with Crippen LogP contribution < -0.4 is 0 Å². The predicted molar refractivity (Wildman–Crippen MR) is 80.9 cm³/mol. The van der Waals surface area contributed by atoms with Crippen LogP contribution in [-0.2, 0) is 18.8 Å². The van der Waals surface area contributed by atoms with Crippen molar-refractivity contribution in [2.24, 2.45) is 11.8 Å². The minimum absolute atomic E-state index is 0.0315. The Morgan fingerprint density at radius 3 is 2.30 bits per heavy atom. The zero-order valence-corrected chi connectivity index (χ0v) is 14.2. The van der Waals surface area contributed by atoms with Crippen molar-refractivity contribution in [2.45, 2.75) is 64.1 Å². The number of halogens is 2. The molecule has 23 heavy (non-hydrogen) atoms. The van der Waals surface area contributed by atoms with Gasteiger partial charge >= 0.3 is 13.1 Å². The molecule has 0 N–H and O–H groups in total. The lowest BCUT2D eigenvalue weighted by atomic mass is 9.70. The third kappa shape index (κ3) is 2.43. The van der Waals surface area contributed by atoms with Crippen LogP contribution in [0, 0.1) is 11.8 Å². The predicted octanol–water partition coefficient (Wildman–Crippen LogP) is 3.15. The van der Waals surface area contributed by atoms with Gasteiger partial charge in [0.05, 0.1) is 18.3 Å². The Kier molecular flexibility index (Phi) is 3.69. The van der Waals surface area contributed by atoms with Crippen molar-refractivity contribution in [3.05, 3.63) is 11.0 Å². The van der Waals surface area contributed by atoms with Gasteiger partial charge < -0.3 is 14.0 Å². The first-order valence-electron chi connectivity index (χ1n) is 8.05. The second-order valence-corrected chi connectivity index (χ2v) is 7.73. The largest absolute Gasteiger partial charge is 0.491 e. The van der Waals surface area contributed by atoms with E-state index in [9.17, 15) is 13.6 Å². The fraction of sp³-hybridized carbons (Fsp3) is 0.812. The van der Waals surface area contributed by atoms with E-state index in [-0.39, 0.29) is 18.8 Å². The third-order valence-corrected chi connectivity index (χ3v) is 5.93. The maximum absolute atomic E-state index is 14.1. The van der Waals surface area contributed by atoms with Crippen molar-refractivity contribution in [3.63, 3.8) is 0 Å². The van der Waals surface area contributed by atoms with Crippen molar-refractivity contribution < 1.29 is 27.6 Å². The molecule has 7 heteroatoms. The number of alkyl halides is 2. The Morgan fingerprint density at radius 1 is 1.22 bits per heavy atom. The fourth-order valence-corrected chi connectivity index (χ4v) is 3.87. The number of fused-ring (bicyclic) bond motifs is 1. The van der Waals surface area contributed by atoms with Crippen LogP contribution in [0.3, 0.4) is 0 Å². The van der Waals surface area contributed by atoms with Gasteiger partial charge in [-0.2, -0.15) is 0 Å². The molecule has 1 saturated heterocycles. The zero-order chi connectivity index (χ0) is 17.2. The molecule has 0 aromatic rings. The summed E-state index contributed by atoms with van der Waals surface area (Å²) in [5.41, 5.74) is -0.283. The van der Waals surface area contributed by atoms with Crippen molar-refractivity contribution in [1.82, 2.24) is 0 Å². The average Bonchev–Trinajstić information content (AvgIpc) is 3.00. The first kappa shape index (κ1) is 16.9. The molecule has 2 atom stereocenters. The number of ether oxygens (including phenoxy) is 1. The number of esters is 1. The van der Waals surface area contributed by atoms with Gasteiger partial charge in [0.2, 0.25) is 0 Å². The highest BCUT2D eigenvalue weighted by atomic mass is 19.3. The van der Waals surface area contributed by atoms with Crippen LogP contribution in [0.1, 0.15) is 47.0 Å². The molecule has 3 aliphatic rings. The Bertz CT molecular complexity index is 554. The van der Waals surface area contributed by atoms with E-state index in [1.165, 1.54) is 7.11 Å². The molecule has 0 radical (unpaired) electrons. The lowest BCUT2D eigenvalue weighted by molar-refractivity contribution is -0.136. The monoisotopic (exact) mass is 328 g/mol. The maximum atomic E-state index is 14.1. The summed E-state index contributed by atoms with van der Waals surface area (Å²) < 4.78 is 45.1. The van der Waals surface area contributed by atoms with Gasteiger partial charge in [0.15, 0.2) is 0 Å². The van der Waals surface area contributed by atoms with Crippen molar-refractivity contribution in [2.75, 3.05) is 7.11 Å². The highest BCUT2D eigenvalue weighted by Gasteiger charge is 2.61. The minimum Gasteiger partial charge on any atom is -0.466 e. The number of carbonyl (C=O) groups excluding carboxylic acids is 1. The summed E-state index contributed by atoms with van der Waals surface area (Å²) in [5.74, 6) is -4.55. The summed E-state index contributed by atoms with van der Waals surface area (Å²) in [6.45, 7) is 7.62. The highest BCUT2D eigenvalue weighted by Crippen LogP contribution is 2.57. The SMILES string of the molecule is COC(=O)C1=C(B2OC(C)(C)C(C)(C)O2)[C@@H]2CCC(F)(F)[C@@H]2C1. The molecule has 128 valence electrons. The van der Waals surface area contributed by atoms with Gasteiger partial charge in [0.1, 0.15) is 0 Å². The van der Waals surface area contributed by atoms with Crippen molar-refractivity contribution in [1.29, 1.82) is 0 Å². The number of hydrogen-bond donors (Lipinski definition) is 0. The molecule has 1 aliphatic heterocycles. The van der Waals surface area contributed by atoms with E-state index in [1.807, 2.05) is 27.7 Å². The smallest absolute Gasteiger partial charge is 0.466 e. The van der Waals surface area contributed by atoms with Gasteiger partial charge in [0.25, 0.3) is 5.92 Å². The van der Waals surface area contributed by atoms with E-state index in [2.05, 4.69) is 0 Å². The second kappa shape index (κ2) is 5.02. The van der Waals surface area contributed by atoms with E-state index < -0.39 is 36.1 Å². The third-order valence-electron chi connectivity index (χ3n) is 5.93. The van der Waals surface area contributed by atoms with Crippen LogP contribution in [0.2, 0.25) is 0 Å². The summed E-state index contributed by atoms with van der Waals surface area (Å²) in [5, 5.41) is 0. The van der Waals surface area contributed by atoms with Crippen LogP contribution in [0.5, 0.6) is 0 Å². The molecule has 2 aliphatic carbocycles. The van der Waals surface area contributed by atoms with Crippen LogP contribution >= 0.6 is 0 Å². The molecule has 0 aromatic heterocycles. The lowest BCUT2D eigenvalue weighted by Crippen LogP contribution is -2.41. The fourth-order valence-electron chi connectivity index (χ4n) is 3.87. The molecule has 0 unspecified atom stereocenters. The molecule has 0 amide bonds. The Hall–Kier alpha value is -0.945. The van der Waals surface area contributed by atoms with Gasteiger partial charge in [-0.15, -0.1) is 0 Å². The normalized spacial score (nSPS) is 34.0. The van der Waals surface area contributed by atoms with Crippen molar-refractivity contribution in [3.8, 4) is 0 Å². The van der Waals surface area contributed by atoms with Crippen LogP contribution in [0.15, 0.2) is 11.0 Å². The standard InChI is InChI=1S/C16H23BF2O4/c1-14(2)15(3,4)23-17(22-14)12-9-6-7-16(18,19)11(9)8-10(12)13(20)21-5/h9,11H,6-8H2,1-5H3/t9-,11-/m1/s1. The molecule has 1 saturated carbocycles. The van der Waals surface area contributed by atoms with Crippen LogP contribution in [-0.4, -0.2) is 37.3 Å². The molecular weight excluding hydrogens is 305 g/mol. The Balaban J connectivity index is 1.99. The molecule has 0 spiro atoms. The van der Waals surface area contributed by atoms with Crippen LogP contribution in [0.4, 0.5) is 8.78 Å². The summed E-state index contributed by atoms with van der Waals surface area (Å²) in [4.78, 5) is 12.1. The van der Waals surface area contributed by atoms with E-state index in [4.69, 9.17) is 14.0 Å². The number of allylic oxidation sites excluding steroid dienone is 1. The molecule has 2 fully saturated rings. The van der Waals surface area contributed by atoms with Crippen molar-refractivity contribution >= 4 is 13.1 Å². The summed E-state index contributed by atoms with van der Waals surface area (Å²) in [6.07, 6.45) is 0.223. The molecular formula is C16H23BF2O4. The summed E-state index contributed by atoms with van der Waals surface area (Å²) in [6, 6.07) is 0. The summed E-state index contributed by atoms with van der Waals surface area (Å²) >= 11 is 0. The molecule has 3 rings (SSSR count). The van der Waals surface area contributed by atoms with Gasteiger partial charge in [-0.05, 0) is 51.9 Å². The molecule has 0 aromatic carbocycles. The Labute approximate surface area is 135 Å². The van der Waals surface area contributed by atoms with Crippen LogP contribution in [0.25, 0.3) is 0 Å². The highest BCUT2D eigenvalue weighted by molar-refractivity contribution is 6.55. The number of hydrogen-bond acceptors (Lipinski definition) is 4. The average molecular weight is 328 g/mol. The maximum Gasteiger partial charge on any atom is 0.491 e. The van der Waals surface area contributed by atoms with Gasteiger partial charge in [-0.1, -0.05) is 0 Å². The number of methoxy groups -OCH3 is 1. The van der Waals surface area contributed by atoms with E-state index >= 15 is 0 Å². The van der Waals surface area contributed by atoms with Gasteiger partial charge in [0, 0.05) is 17.9 Å². The first-order valence-corrected chi connectivity index (χ1v) is 8.05. The van der Waals surface area contributed by atoms with Gasteiger partial charge in [-0.3, -0.25) is 0 Å². The minimum atomic E-state index is -2.75. The molecule has 4 nitrogen and oxygen atoms in total. The number of rotatable bonds is 2. The van der Waals surface area contributed by atoms with E-state index in [0.717, 1.165) is 0 Å². The van der Waals surface area contributed by atoms with Gasteiger partial charge in [-0.25, -0.2) is 13.6 Å². The van der Waals surface area contributed by atoms with E-state index in [1.54, 1.807) is 0 Å². The lowest BCUT2D eigenvalue weighted by Gasteiger charge is -2.32. The zero-order valence-electron chi connectivity index (χ0n) is 14.2. The quantitative estimate of drug-likeness (QED) is 0.577.